The molecule has 0 heterocycles. The molecule has 1 saturated carbocycles. The highest BCUT2D eigenvalue weighted by Gasteiger charge is 2.28. The minimum Gasteiger partial charge on any atom is -0.478 e. The summed E-state index contributed by atoms with van der Waals surface area (Å²) in [6, 6.07) is 0.200. The summed E-state index contributed by atoms with van der Waals surface area (Å²) in [7, 11) is -3.28. The number of aliphatic carboxylic acids is 1. The van der Waals surface area contributed by atoms with Gasteiger partial charge in [0.25, 0.3) is 0 Å². The van der Waals surface area contributed by atoms with Gasteiger partial charge in [-0.15, -0.1) is 0 Å². The lowest BCUT2D eigenvalue weighted by Crippen LogP contribution is -2.40. The van der Waals surface area contributed by atoms with Crippen molar-refractivity contribution in [1.29, 1.82) is 0 Å². The second kappa shape index (κ2) is 17.5. The molecule has 0 aromatic carbocycles. The summed E-state index contributed by atoms with van der Waals surface area (Å²) in [6.45, 7) is 11.4. The second-order valence-corrected chi connectivity index (χ2v) is 11.1. The van der Waals surface area contributed by atoms with Crippen molar-refractivity contribution in [3.8, 4) is 0 Å². The third-order valence-electron chi connectivity index (χ3n) is 4.85. The Morgan fingerprint density at radius 2 is 1.57 bits per heavy atom. The lowest BCUT2D eigenvalue weighted by Gasteiger charge is -2.30. The number of rotatable bonds is 12. The largest absolute Gasteiger partial charge is 0.478 e. The van der Waals surface area contributed by atoms with Crippen molar-refractivity contribution in [1.82, 2.24) is 5.32 Å². The Labute approximate surface area is 209 Å². The van der Waals surface area contributed by atoms with E-state index in [1.807, 2.05) is 20.8 Å². The predicted octanol–water partition coefficient (Wildman–Crippen LogP) is 5.31. The monoisotopic (exact) mass is 521 g/mol. The molecule has 0 aromatic rings. The Morgan fingerprint density at radius 3 is 2.03 bits per heavy atom. The van der Waals surface area contributed by atoms with Crippen LogP contribution in [0.25, 0.3) is 0 Å². The molecule has 1 rings (SSSR count). The average molecular weight is 522 g/mol. The van der Waals surface area contributed by atoms with E-state index in [1.54, 1.807) is 26.8 Å². The number of esters is 1. The normalized spacial score (nSPS) is 18.3. The highest BCUT2D eigenvalue weighted by atomic mass is 31.2. The van der Waals surface area contributed by atoms with Crippen molar-refractivity contribution < 1.29 is 42.6 Å². The Balaban J connectivity index is 0.000000720. The molecule has 2 N–H and O–H groups in total. The summed E-state index contributed by atoms with van der Waals surface area (Å²) in [6.07, 6.45) is 8.16. The zero-order valence-electron chi connectivity index (χ0n) is 22.0. The zero-order chi connectivity index (χ0) is 26.9. The molecule has 0 saturated heterocycles. The van der Waals surface area contributed by atoms with Crippen LogP contribution in [0.5, 0.6) is 0 Å². The van der Waals surface area contributed by atoms with Crippen LogP contribution in [-0.4, -0.2) is 60.8 Å². The number of carboxylic acid groups (broad SMARTS) is 1. The topological polar surface area (TPSA) is 137 Å². The number of hydrogen-bond acceptors (Lipinski definition) is 8. The van der Waals surface area contributed by atoms with Crippen molar-refractivity contribution >= 4 is 25.6 Å². The minimum atomic E-state index is -3.28. The van der Waals surface area contributed by atoms with Crippen LogP contribution in [0, 0.1) is 5.92 Å². The van der Waals surface area contributed by atoms with Gasteiger partial charge in [-0.25, -0.2) is 9.59 Å². The molecule has 1 amide bonds. The molecule has 0 bridgehead atoms. The molecule has 0 unspecified atom stereocenters. The van der Waals surface area contributed by atoms with Gasteiger partial charge in [0.15, 0.2) is 0 Å². The molecule has 0 atom stereocenters. The van der Waals surface area contributed by atoms with Crippen molar-refractivity contribution in [3.05, 3.63) is 12.2 Å². The molecule has 0 aliphatic heterocycles. The molecule has 1 fully saturated rings. The number of carbonyl (C=O) groups is 3. The Kier molecular flexibility index (Phi) is 16.6. The maximum atomic E-state index is 11.8. The molecule has 0 radical (unpaired) electrons. The summed E-state index contributed by atoms with van der Waals surface area (Å²) in [5.41, 5.74) is -0.461. The smallest absolute Gasteiger partial charge is 0.407 e. The summed E-state index contributed by atoms with van der Waals surface area (Å²) >= 11 is 0. The fourth-order valence-corrected chi connectivity index (χ4v) is 4.92. The molecule has 1 aliphatic rings. The third kappa shape index (κ3) is 18.1. The Hall–Kier alpha value is -1.90. The van der Waals surface area contributed by atoms with Gasteiger partial charge in [0.1, 0.15) is 11.8 Å². The van der Waals surface area contributed by atoms with E-state index >= 15 is 0 Å². The van der Waals surface area contributed by atoms with Gasteiger partial charge in [-0.05, 0) is 86.0 Å². The molecule has 10 nitrogen and oxygen atoms in total. The zero-order valence-corrected chi connectivity index (χ0v) is 22.9. The van der Waals surface area contributed by atoms with E-state index in [1.165, 1.54) is 6.08 Å². The molecule has 11 heteroatoms. The minimum absolute atomic E-state index is 0.200. The van der Waals surface area contributed by atoms with Crippen molar-refractivity contribution in [3.63, 3.8) is 0 Å². The van der Waals surface area contributed by atoms with Gasteiger partial charge in [-0.1, -0.05) is 6.08 Å². The average Bonchev–Trinajstić information content (AvgIpc) is 2.71. The molecule has 0 spiro atoms. The van der Waals surface area contributed by atoms with Gasteiger partial charge < -0.3 is 28.9 Å². The second-order valence-electron chi connectivity index (χ2n) is 9.09. The fourth-order valence-electron chi connectivity index (χ4n) is 3.47. The highest BCUT2D eigenvalue weighted by molar-refractivity contribution is 7.54. The van der Waals surface area contributed by atoms with E-state index in [-0.39, 0.29) is 38.1 Å². The van der Waals surface area contributed by atoms with Gasteiger partial charge in [-0.3, -0.25) is 9.36 Å². The van der Waals surface area contributed by atoms with Crippen molar-refractivity contribution in [2.24, 2.45) is 5.92 Å². The fraction of sp³-hybridized carbons (Fsp3) is 0.792. The first kappa shape index (κ1) is 33.1. The number of nitrogens with one attached hydrogen (secondary N) is 1. The number of alkyl carbamates (subject to hydrolysis) is 1. The van der Waals surface area contributed by atoms with Crippen LogP contribution in [0.15, 0.2) is 12.2 Å². The first-order chi connectivity index (χ1) is 16.3. The lowest BCUT2D eigenvalue weighted by atomic mass is 9.83. The van der Waals surface area contributed by atoms with Gasteiger partial charge in [0, 0.05) is 12.1 Å². The SMILES string of the molecule is CC(C)(C)OC(=O)NC1CCC(CC/C=C/C(=O)O)CC1.CCOC(=O)CP(=O)(OCC)OCC. The number of amides is 1. The summed E-state index contributed by atoms with van der Waals surface area (Å²) < 4.78 is 31.5. The Morgan fingerprint density at radius 1 is 1.00 bits per heavy atom. The van der Waals surface area contributed by atoms with Crippen LogP contribution in [-0.2, 0) is 32.7 Å². The van der Waals surface area contributed by atoms with E-state index in [9.17, 15) is 18.9 Å². The van der Waals surface area contributed by atoms with Crippen LogP contribution < -0.4 is 5.32 Å². The maximum Gasteiger partial charge on any atom is 0.407 e. The Bertz CT molecular complexity index is 700. The van der Waals surface area contributed by atoms with E-state index < -0.39 is 25.1 Å². The molecule has 0 aromatic heterocycles. The number of hydrogen-bond donors (Lipinski definition) is 2. The predicted molar refractivity (Wildman–Crippen MR) is 133 cm³/mol. The van der Waals surface area contributed by atoms with Gasteiger partial charge >= 0.3 is 25.6 Å². The highest BCUT2D eigenvalue weighted by Crippen LogP contribution is 2.47. The number of carbonyl (C=O) groups excluding carboxylic acids is 2. The van der Waals surface area contributed by atoms with E-state index in [0.717, 1.165) is 38.5 Å². The van der Waals surface area contributed by atoms with Crippen molar-refractivity contribution in [2.75, 3.05) is 26.0 Å². The van der Waals surface area contributed by atoms with Gasteiger partial charge in [0.05, 0.1) is 19.8 Å². The van der Waals surface area contributed by atoms with Crippen LogP contribution in [0.4, 0.5) is 4.79 Å². The van der Waals surface area contributed by atoms with Crippen LogP contribution in [0.3, 0.4) is 0 Å². The summed E-state index contributed by atoms with van der Waals surface area (Å²) in [5.74, 6) is -0.821. The molecular formula is C24H44NO9P. The van der Waals surface area contributed by atoms with Crippen LogP contribution in [0.2, 0.25) is 0 Å². The van der Waals surface area contributed by atoms with Gasteiger partial charge in [0.2, 0.25) is 0 Å². The van der Waals surface area contributed by atoms with Crippen LogP contribution in [0.1, 0.15) is 80.1 Å². The number of ether oxygens (including phenoxy) is 2. The molecule has 204 valence electrons. The maximum absolute atomic E-state index is 11.8. The third-order valence-corrected chi connectivity index (χ3v) is 6.80. The molecule has 35 heavy (non-hydrogen) atoms. The van der Waals surface area contributed by atoms with Crippen molar-refractivity contribution in [2.45, 2.75) is 91.7 Å². The summed E-state index contributed by atoms with van der Waals surface area (Å²) in [4.78, 5) is 33.1. The molecule has 1 aliphatic carbocycles. The number of allylic oxidation sites excluding steroid dienone is 1. The van der Waals surface area contributed by atoms with Crippen LogP contribution >= 0.6 is 7.60 Å². The van der Waals surface area contributed by atoms with E-state index in [4.69, 9.17) is 18.9 Å². The lowest BCUT2D eigenvalue weighted by molar-refractivity contribution is -0.140. The van der Waals surface area contributed by atoms with E-state index in [0.29, 0.717) is 5.92 Å². The first-order valence-electron chi connectivity index (χ1n) is 12.3. The van der Waals surface area contributed by atoms with Gasteiger partial charge in [-0.2, -0.15) is 0 Å². The van der Waals surface area contributed by atoms with E-state index in [2.05, 4.69) is 10.1 Å². The first-order valence-corrected chi connectivity index (χ1v) is 14.0. The number of carboxylic acids is 1. The summed E-state index contributed by atoms with van der Waals surface area (Å²) in [5, 5.41) is 11.4. The quantitative estimate of drug-likeness (QED) is 0.199. The standard InChI is InChI=1S/C16H27NO4.C8H17O5P/c1-16(2,3)21-15(20)17-13-10-8-12(9-11-13)6-4-5-7-14(18)19;1-4-11-8(9)7-14(10,12-5-2)13-6-3/h5,7,12-13H,4,6,8-11H2,1-3H3,(H,17,20)(H,18,19);4-7H2,1-3H3/b7-5+;. The molecular weight excluding hydrogens is 477 g/mol.